The molecule has 0 aliphatic carbocycles. The Balaban J connectivity index is 2.15. The van der Waals surface area contributed by atoms with Crippen molar-refractivity contribution in [2.45, 2.75) is 6.92 Å². The number of morpholine rings is 1. The maximum absolute atomic E-state index is 5.52. The van der Waals surface area contributed by atoms with Gasteiger partial charge in [0.05, 0.1) is 39.6 Å². The molecule has 0 atom stereocenters. The van der Waals surface area contributed by atoms with E-state index in [0.29, 0.717) is 13.2 Å². The monoisotopic (exact) mass is 218 g/mol. The van der Waals surface area contributed by atoms with Crippen molar-refractivity contribution in [3.8, 4) is 0 Å². The van der Waals surface area contributed by atoms with E-state index in [1.54, 1.807) is 7.11 Å². The minimum Gasteiger partial charge on any atom is -0.382 e. The van der Waals surface area contributed by atoms with E-state index < -0.39 is 0 Å². The first-order valence-corrected chi connectivity index (χ1v) is 5.82. The highest BCUT2D eigenvalue weighted by molar-refractivity contribution is 4.49. The fourth-order valence-corrected chi connectivity index (χ4v) is 1.93. The Bertz CT molecular complexity index is 158. The summed E-state index contributed by atoms with van der Waals surface area (Å²) in [4.78, 5) is 0. The van der Waals surface area contributed by atoms with Crippen LogP contribution in [0, 0.1) is 0 Å². The van der Waals surface area contributed by atoms with Crippen LogP contribution in [0.4, 0.5) is 0 Å². The number of rotatable bonds is 7. The summed E-state index contributed by atoms with van der Waals surface area (Å²) >= 11 is 0. The van der Waals surface area contributed by atoms with Gasteiger partial charge in [0.15, 0.2) is 0 Å². The molecule has 0 amide bonds. The lowest BCUT2D eigenvalue weighted by atomic mass is 10.3. The van der Waals surface area contributed by atoms with Crippen molar-refractivity contribution in [1.82, 2.24) is 0 Å². The first-order valence-electron chi connectivity index (χ1n) is 5.82. The van der Waals surface area contributed by atoms with Gasteiger partial charge < -0.3 is 18.7 Å². The van der Waals surface area contributed by atoms with Gasteiger partial charge in [-0.15, -0.1) is 0 Å². The minimum atomic E-state index is 0.690. The summed E-state index contributed by atoms with van der Waals surface area (Å²) in [5, 5.41) is 0. The van der Waals surface area contributed by atoms with Crippen molar-refractivity contribution in [2.75, 3.05) is 66.3 Å². The smallest absolute Gasteiger partial charge is 0.103 e. The number of ether oxygens (including phenoxy) is 3. The Morgan fingerprint density at radius 3 is 2.47 bits per heavy atom. The van der Waals surface area contributed by atoms with Gasteiger partial charge in [-0.1, -0.05) is 0 Å². The standard InChI is InChI=1S/C11H24NO3/c1-3-12(4-7-14-8-5-12)6-9-15-11-10-13-2/h3-11H2,1-2H3/q+1. The molecule has 1 rings (SSSR count). The van der Waals surface area contributed by atoms with Crippen LogP contribution in [0.25, 0.3) is 0 Å². The molecule has 1 heterocycles. The third kappa shape index (κ3) is 4.47. The van der Waals surface area contributed by atoms with Crippen molar-refractivity contribution in [1.29, 1.82) is 0 Å². The zero-order chi connectivity index (χ0) is 11.0. The van der Waals surface area contributed by atoms with Gasteiger partial charge in [0.2, 0.25) is 0 Å². The number of nitrogens with zero attached hydrogens (tertiary/aromatic N) is 1. The highest BCUT2D eigenvalue weighted by Crippen LogP contribution is 2.10. The van der Waals surface area contributed by atoms with E-state index in [1.807, 2.05) is 0 Å². The molecular weight excluding hydrogens is 194 g/mol. The van der Waals surface area contributed by atoms with Crippen molar-refractivity contribution >= 4 is 0 Å². The predicted octanol–water partition coefficient (Wildman–Crippen LogP) is 0.516. The third-order valence-electron chi connectivity index (χ3n) is 3.23. The molecule has 4 nitrogen and oxygen atoms in total. The molecule has 1 saturated heterocycles. The van der Waals surface area contributed by atoms with Crippen LogP contribution in [0.5, 0.6) is 0 Å². The maximum atomic E-state index is 5.52. The second-order valence-electron chi connectivity index (χ2n) is 4.05. The maximum Gasteiger partial charge on any atom is 0.103 e. The van der Waals surface area contributed by atoms with Crippen molar-refractivity contribution in [2.24, 2.45) is 0 Å². The minimum absolute atomic E-state index is 0.690. The molecule has 0 radical (unpaired) electrons. The SMILES string of the molecule is CC[N+]1(CCOCCOC)CCOCC1. The van der Waals surface area contributed by atoms with Gasteiger partial charge in [-0.25, -0.2) is 0 Å². The highest BCUT2D eigenvalue weighted by Gasteiger charge is 2.27. The number of hydrogen-bond donors (Lipinski definition) is 0. The van der Waals surface area contributed by atoms with Crippen LogP contribution < -0.4 is 0 Å². The summed E-state index contributed by atoms with van der Waals surface area (Å²) < 4.78 is 17.0. The topological polar surface area (TPSA) is 27.7 Å². The molecule has 1 aliphatic rings. The van der Waals surface area contributed by atoms with E-state index >= 15 is 0 Å². The Morgan fingerprint density at radius 1 is 1.13 bits per heavy atom. The van der Waals surface area contributed by atoms with E-state index in [1.165, 1.54) is 6.54 Å². The molecule has 0 aromatic heterocycles. The molecule has 90 valence electrons. The van der Waals surface area contributed by atoms with Gasteiger partial charge in [-0.05, 0) is 6.92 Å². The average Bonchev–Trinajstić information content (AvgIpc) is 2.30. The summed E-state index contributed by atoms with van der Waals surface area (Å²) in [6.45, 7) is 10.8. The Kier molecular flexibility index (Phi) is 6.17. The fraction of sp³-hybridized carbons (Fsp3) is 1.00. The average molecular weight is 218 g/mol. The molecular formula is C11H24NO3+. The number of quaternary nitrogens is 1. The Labute approximate surface area is 92.7 Å². The quantitative estimate of drug-likeness (QED) is 0.460. The molecule has 15 heavy (non-hydrogen) atoms. The molecule has 0 aromatic rings. The molecule has 4 heteroatoms. The van der Waals surface area contributed by atoms with Crippen LogP contribution in [0.3, 0.4) is 0 Å². The molecule has 0 spiro atoms. The van der Waals surface area contributed by atoms with Crippen molar-refractivity contribution < 1.29 is 18.7 Å². The predicted molar refractivity (Wildman–Crippen MR) is 58.9 cm³/mol. The van der Waals surface area contributed by atoms with Gasteiger partial charge in [0, 0.05) is 7.11 Å². The molecule has 0 aromatic carbocycles. The van der Waals surface area contributed by atoms with Crippen molar-refractivity contribution in [3.05, 3.63) is 0 Å². The number of hydrogen-bond acceptors (Lipinski definition) is 3. The van der Waals surface area contributed by atoms with E-state index in [0.717, 1.165) is 43.9 Å². The third-order valence-corrected chi connectivity index (χ3v) is 3.23. The molecule has 1 fully saturated rings. The first-order chi connectivity index (χ1) is 7.33. The molecule has 1 aliphatic heterocycles. The zero-order valence-electron chi connectivity index (χ0n) is 10.0. The fourth-order valence-electron chi connectivity index (χ4n) is 1.93. The Morgan fingerprint density at radius 2 is 1.87 bits per heavy atom. The summed E-state index contributed by atoms with van der Waals surface area (Å²) in [6, 6.07) is 0. The summed E-state index contributed by atoms with van der Waals surface area (Å²) in [5.41, 5.74) is 0. The second-order valence-corrected chi connectivity index (χ2v) is 4.05. The molecule has 0 bridgehead atoms. The summed E-state index contributed by atoms with van der Waals surface area (Å²) in [6.07, 6.45) is 0. The van der Waals surface area contributed by atoms with Crippen LogP contribution in [0.15, 0.2) is 0 Å². The normalized spacial score (nSPS) is 20.4. The van der Waals surface area contributed by atoms with Gasteiger partial charge in [-0.3, -0.25) is 0 Å². The van der Waals surface area contributed by atoms with Gasteiger partial charge in [0.25, 0.3) is 0 Å². The highest BCUT2D eigenvalue weighted by atomic mass is 16.5. The molecule has 0 N–H and O–H groups in total. The van der Waals surface area contributed by atoms with Gasteiger partial charge in [0.1, 0.15) is 19.6 Å². The lowest BCUT2D eigenvalue weighted by molar-refractivity contribution is -0.933. The van der Waals surface area contributed by atoms with Gasteiger partial charge >= 0.3 is 0 Å². The van der Waals surface area contributed by atoms with Crippen LogP contribution in [0.1, 0.15) is 6.92 Å². The van der Waals surface area contributed by atoms with Crippen LogP contribution >= 0.6 is 0 Å². The summed E-state index contributed by atoms with van der Waals surface area (Å²) in [5.74, 6) is 0. The van der Waals surface area contributed by atoms with Gasteiger partial charge in [-0.2, -0.15) is 0 Å². The summed E-state index contributed by atoms with van der Waals surface area (Å²) in [7, 11) is 1.70. The van der Waals surface area contributed by atoms with E-state index in [2.05, 4.69) is 6.92 Å². The van der Waals surface area contributed by atoms with Crippen molar-refractivity contribution in [3.63, 3.8) is 0 Å². The largest absolute Gasteiger partial charge is 0.382 e. The number of methoxy groups -OCH3 is 1. The number of likely N-dealkylation sites (N-methyl/N-ethyl adjacent to an activating group) is 1. The van der Waals surface area contributed by atoms with Crippen LogP contribution in [-0.2, 0) is 14.2 Å². The first kappa shape index (κ1) is 12.9. The zero-order valence-corrected chi connectivity index (χ0v) is 10.0. The lowest BCUT2D eigenvalue weighted by Gasteiger charge is -2.40. The van der Waals surface area contributed by atoms with E-state index in [9.17, 15) is 0 Å². The molecule has 0 saturated carbocycles. The second kappa shape index (κ2) is 7.17. The van der Waals surface area contributed by atoms with E-state index in [4.69, 9.17) is 14.2 Å². The van der Waals surface area contributed by atoms with Crippen LogP contribution in [0.2, 0.25) is 0 Å². The Hall–Kier alpha value is -0.160. The lowest BCUT2D eigenvalue weighted by Crippen LogP contribution is -2.56. The molecule has 0 unspecified atom stereocenters. The van der Waals surface area contributed by atoms with E-state index in [-0.39, 0.29) is 0 Å². The van der Waals surface area contributed by atoms with Crippen LogP contribution in [-0.4, -0.2) is 70.8 Å².